The molecule has 0 heterocycles. The number of benzene rings is 1. The molecule has 0 fully saturated rings. The lowest BCUT2D eigenvalue weighted by Crippen LogP contribution is -2.04. The van der Waals surface area contributed by atoms with Crippen LogP contribution < -0.4 is 5.32 Å². The van der Waals surface area contributed by atoms with Crippen molar-refractivity contribution in [2.45, 2.75) is 33.1 Å². The topological polar surface area (TPSA) is 12.0 Å². The first-order valence-electron chi connectivity index (χ1n) is 5.60. The summed E-state index contributed by atoms with van der Waals surface area (Å²) >= 11 is 4.21. The van der Waals surface area contributed by atoms with Gasteiger partial charge in [0.25, 0.3) is 0 Å². The molecule has 1 N–H and O–H groups in total. The van der Waals surface area contributed by atoms with Crippen molar-refractivity contribution in [2.75, 3.05) is 17.6 Å². The van der Waals surface area contributed by atoms with Gasteiger partial charge in [-0.2, -0.15) is 12.6 Å². The Labute approximate surface area is 98.7 Å². The lowest BCUT2D eigenvalue weighted by Gasteiger charge is -2.12. The highest BCUT2D eigenvalue weighted by Gasteiger charge is 2.02. The van der Waals surface area contributed by atoms with Gasteiger partial charge < -0.3 is 5.32 Å². The minimum Gasteiger partial charge on any atom is -0.385 e. The monoisotopic (exact) mass is 223 g/mol. The zero-order valence-corrected chi connectivity index (χ0v) is 10.8. The van der Waals surface area contributed by atoms with Gasteiger partial charge in [0.15, 0.2) is 0 Å². The number of thiol groups is 1. The van der Waals surface area contributed by atoms with E-state index in [1.807, 2.05) is 0 Å². The fraction of sp³-hybridized carbons (Fsp3) is 0.538. The Bertz CT molecular complexity index is 307. The fourth-order valence-corrected chi connectivity index (χ4v) is 1.65. The molecule has 1 rings (SSSR count). The second-order valence-corrected chi connectivity index (χ2v) is 4.68. The molecular weight excluding hydrogens is 202 g/mol. The quantitative estimate of drug-likeness (QED) is 0.571. The summed E-state index contributed by atoms with van der Waals surface area (Å²) in [7, 11) is 0. The van der Waals surface area contributed by atoms with Gasteiger partial charge in [0.05, 0.1) is 0 Å². The van der Waals surface area contributed by atoms with Gasteiger partial charge in [0.2, 0.25) is 0 Å². The third-order valence-corrected chi connectivity index (χ3v) is 2.89. The van der Waals surface area contributed by atoms with E-state index in [1.165, 1.54) is 16.8 Å². The van der Waals surface area contributed by atoms with Crippen LogP contribution in [0.1, 0.15) is 37.3 Å². The summed E-state index contributed by atoms with van der Waals surface area (Å²) in [5, 5.41) is 3.46. The normalized spacial score (nSPS) is 10.7. The predicted molar refractivity (Wildman–Crippen MR) is 72.2 cm³/mol. The van der Waals surface area contributed by atoms with E-state index < -0.39 is 0 Å². The second kappa shape index (κ2) is 6.06. The van der Waals surface area contributed by atoms with Crippen molar-refractivity contribution >= 4 is 18.3 Å². The molecule has 0 aliphatic heterocycles. The van der Waals surface area contributed by atoms with Gasteiger partial charge in [-0.05, 0) is 42.2 Å². The van der Waals surface area contributed by atoms with Gasteiger partial charge >= 0.3 is 0 Å². The molecule has 84 valence electrons. The van der Waals surface area contributed by atoms with Crippen molar-refractivity contribution < 1.29 is 0 Å². The zero-order chi connectivity index (χ0) is 11.3. The molecule has 0 saturated carbocycles. The highest BCUT2D eigenvalue weighted by Crippen LogP contribution is 2.22. The minimum atomic E-state index is 0.594. The van der Waals surface area contributed by atoms with E-state index in [0.717, 1.165) is 18.7 Å². The van der Waals surface area contributed by atoms with Gasteiger partial charge in [-0.1, -0.05) is 26.0 Å². The predicted octanol–water partition coefficient (Wildman–Crippen LogP) is 3.85. The van der Waals surface area contributed by atoms with Crippen LogP contribution in [-0.2, 0) is 0 Å². The Morgan fingerprint density at radius 2 is 2.07 bits per heavy atom. The van der Waals surface area contributed by atoms with Crippen LogP contribution >= 0.6 is 12.6 Å². The molecule has 1 aromatic carbocycles. The van der Waals surface area contributed by atoms with Crippen LogP contribution in [0.5, 0.6) is 0 Å². The van der Waals surface area contributed by atoms with E-state index in [2.05, 4.69) is 56.9 Å². The second-order valence-electron chi connectivity index (χ2n) is 4.23. The van der Waals surface area contributed by atoms with Crippen molar-refractivity contribution in [1.82, 2.24) is 0 Å². The molecule has 0 saturated heterocycles. The minimum absolute atomic E-state index is 0.594. The molecule has 0 aliphatic rings. The summed E-state index contributed by atoms with van der Waals surface area (Å²) in [5.74, 6) is 1.53. The van der Waals surface area contributed by atoms with Gasteiger partial charge in [0.1, 0.15) is 0 Å². The summed E-state index contributed by atoms with van der Waals surface area (Å²) < 4.78 is 0. The Morgan fingerprint density at radius 1 is 1.33 bits per heavy atom. The Hall–Kier alpha value is -0.630. The van der Waals surface area contributed by atoms with Gasteiger partial charge in [-0.3, -0.25) is 0 Å². The number of nitrogens with one attached hydrogen (secondary N) is 1. The van der Waals surface area contributed by atoms with E-state index >= 15 is 0 Å². The van der Waals surface area contributed by atoms with Crippen LogP contribution in [-0.4, -0.2) is 12.3 Å². The van der Waals surface area contributed by atoms with E-state index in [4.69, 9.17) is 0 Å². The summed E-state index contributed by atoms with van der Waals surface area (Å²) in [6.45, 7) is 7.60. The van der Waals surface area contributed by atoms with E-state index in [-0.39, 0.29) is 0 Å². The molecule has 0 radical (unpaired) electrons. The Balaban J connectivity index is 2.72. The molecule has 0 aliphatic carbocycles. The first-order chi connectivity index (χ1) is 7.15. The number of rotatable bonds is 5. The maximum absolute atomic E-state index is 4.21. The van der Waals surface area contributed by atoms with Crippen molar-refractivity contribution in [3.05, 3.63) is 29.3 Å². The molecule has 0 aromatic heterocycles. The molecule has 0 amide bonds. The fourth-order valence-electron chi connectivity index (χ4n) is 1.49. The van der Waals surface area contributed by atoms with Gasteiger partial charge in [-0.25, -0.2) is 0 Å². The molecule has 0 atom stereocenters. The molecule has 1 aromatic rings. The maximum atomic E-state index is 4.21. The molecule has 0 spiro atoms. The smallest absolute Gasteiger partial charge is 0.0372 e. The largest absolute Gasteiger partial charge is 0.385 e. The standard InChI is InChI=1S/C13H21NS/c1-10(2)12-6-5-11(3)13(9-12)14-7-4-8-15/h5-6,9-10,14-15H,4,7-8H2,1-3H3. The zero-order valence-electron chi connectivity index (χ0n) is 9.88. The van der Waals surface area contributed by atoms with E-state index in [0.29, 0.717) is 5.92 Å². The summed E-state index contributed by atoms with van der Waals surface area (Å²) in [6, 6.07) is 6.67. The molecular formula is C13H21NS. The number of hydrogen-bond donors (Lipinski definition) is 2. The van der Waals surface area contributed by atoms with Crippen LogP contribution in [0.4, 0.5) is 5.69 Å². The number of anilines is 1. The first kappa shape index (κ1) is 12.4. The van der Waals surface area contributed by atoms with Crippen molar-refractivity contribution in [3.63, 3.8) is 0 Å². The van der Waals surface area contributed by atoms with Crippen LogP contribution in [0.15, 0.2) is 18.2 Å². The van der Waals surface area contributed by atoms with Crippen LogP contribution in [0.3, 0.4) is 0 Å². The van der Waals surface area contributed by atoms with Crippen LogP contribution in [0.25, 0.3) is 0 Å². The van der Waals surface area contributed by atoms with Crippen molar-refractivity contribution in [3.8, 4) is 0 Å². The summed E-state index contributed by atoms with van der Waals surface area (Å²) in [4.78, 5) is 0. The molecule has 15 heavy (non-hydrogen) atoms. The highest BCUT2D eigenvalue weighted by atomic mass is 32.1. The Kier molecular flexibility index (Phi) is 5.03. The van der Waals surface area contributed by atoms with E-state index in [9.17, 15) is 0 Å². The van der Waals surface area contributed by atoms with Crippen molar-refractivity contribution in [2.24, 2.45) is 0 Å². The molecule has 0 unspecified atom stereocenters. The number of hydrogen-bond acceptors (Lipinski definition) is 2. The Morgan fingerprint density at radius 3 is 2.67 bits per heavy atom. The SMILES string of the molecule is Cc1ccc(C(C)C)cc1NCCCS. The van der Waals surface area contributed by atoms with Gasteiger partial charge in [-0.15, -0.1) is 0 Å². The van der Waals surface area contributed by atoms with Crippen LogP contribution in [0, 0.1) is 6.92 Å². The molecule has 1 nitrogen and oxygen atoms in total. The lowest BCUT2D eigenvalue weighted by atomic mass is 10.0. The average Bonchev–Trinajstić information content (AvgIpc) is 2.20. The van der Waals surface area contributed by atoms with E-state index in [1.54, 1.807) is 0 Å². The van der Waals surface area contributed by atoms with Gasteiger partial charge in [0, 0.05) is 12.2 Å². The highest BCUT2D eigenvalue weighted by molar-refractivity contribution is 7.80. The maximum Gasteiger partial charge on any atom is 0.0372 e. The molecule has 2 heteroatoms. The third-order valence-electron chi connectivity index (χ3n) is 2.58. The number of aryl methyl sites for hydroxylation is 1. The van der Waals surface area contributed by atoms with Crippen molar-refractivity contribution in [1.29, 1.82) is 0 Å². The third kappa shape index (κ3) is 3.78. The summed E-state index contributed by atoms with van der Waals surface area (Å²) in [5.41, 5.74) is 3.98. The summed E-state index contributed by atoms with van der Waals surface area (Å²) in [6.07, 6.45) is 1.11. The lowest BCUT2D eigenvalue weighted by molar-refractivity contribution is 0.865. The van der Waals surface area contributed by atoms with Crippen LogP contribution in [0.2, 0.25) is 0 Å². The molecule has 0 bridgehead atoms. The average molecular weight is 223 g/mol. The first-order valence-corrected chi connectivity index (χ1v) is 6.23.